The molecule has 0 spiro atoms. The fourth-order valence-electron chi connectivity index (χ4n) is 5.28. The lowest BCUT2D eigenvalue weighted by atomic mass is 9.73. The summed E-state index contributed by atoms with van der Waals surface area (Å²) < 4.78 is 13.2. The van der Waals surface area contributed by atoms with Gasteiger partial charge in [-0.1, -0.05) is 30.3 Å². The zero-order valence-corrected chi connectivity index (χ0v) is 17.2. The number of aliphatic hydroxyl groups is 1. The molecule has 3 aliphatic rings. The number of carbonyl (C=O) groups excluding carboxylic acids is 2. The summed E-state index contributed by atoms with van der Waals surface area (Å²) in [5.41, 5.74) is 4.05. The van der Waals surface area contributed by atoms with Crippen LogP contribution in [-0.2, 0) is 4.79 Å². The molecule has 2 amide bonds. The molecular formula is C25H25FN2O3. The number of hydrogen-bond donors (Lipinski definition) is 1. The van der Waals surface area contributed by atoms with Gasteiger partial charge in [-0.2, -0.15) is 0 Å². The molecule has 1 aliphatic carbocycles. The van der Waals surface area contributed by atoms with E-state index >= 15 is 0 Å². The monoisotopic (exact) mass is 420 g/mol. The Kier molecular flexibility index (Phi) is 5.10. The minimum atomic E-state index is -0.404. The summed E-state index contributed by atoms with van der Waals surface area (Å²) in [5, 5.41) is 9.96. The Morgan fingerprint density at radius 1 is 1.10 bits per heavy atom. The second kappa shape index (κ2) is 7.93. The lowest BCUT2D eigenvalue weighted by Crippen LogP contribution is -2.73. The first kappa shape index (κ1) is 19.9. The van der Waals surface area contributed by atoms with Crippen molar-refractivity contribution in [3.05, 3.63) is 77.1 Å². The van der Waals surface area contributed by atoms with Gasteiger partial charge in [0, 0.05) is 18.0 Å². The zero-order valence-electron chi connectivity index (χ0n) is 17.2. The molecule has 2 aliphatic heterocycles. The van der Waals surface area contributed by atoms with Gasteiger partial charge in [-0.15, -0.1) is 0 Å². The van der Waals surface area contributed by atoms with Gasteiger partial charge in [0.15, 0.2) is 0 Å². The molecule has 160 valence electrons. The first-order valence-electron chi connectivity index (χ1n) is 10.8. The van der Waals surface area contributed by atoms with Gasteiger partial charge in [-0.3, -0.25) is 9.59 Å². The molecule has 0 saturated carbocycles. The number of benzene rings is 2. The normalized spacial score (nSPS) is 25.2. The summed E-state index contributed by atoms with van der Waals surface area (Å²) >= 11 is 0. The second-order valence-corrected chi connectivity index (χ2v) is 8.58. The van der Waals surface area contributed by atoms with Crippen molar-refractivity contribution in [3.63, 3.8) is 0 Å². The Morgan fingerprint density at radius 2 is 1.84 bits per heavy atom. The largest absolute Gasteiger partial charge is 0.394 e. The van der Waals surface area contributed by atoms with Crippen LogP contribution in [0.15, 0.2) is 54.6 Å². The molecule has 0 bridgehead atoms. The fraction of sp³-hybridized carbons (Fsp3) is 0.360. The maximum atomic E-state index is 13.2. The van der Waals surface area contributed by atoms with Crippen LogP contribution in [0.2, 0.25) is 0 Å². The molecule has 2 aromatic carbocycles. The number of carbonyl (C=O) groups is 2. The quantitative estimate of drug-likeness (QED) is 0.826. The molecular weight excluding hydrogens is 395 g/mol. The Balaban J connectivity index is 1.37. The third kappa shape index (κ3) is 3.45. The van der Waals surface area contributed by atoms with E-state index in [4.69, 9.17) is 0 Å². The van der Waals surface area contributed by atoms with E-state index < -0.39 is 5.82 Å². The van der Waals surface area contributed by atoms with Crippen molar-refractivity contribution in [1.29, 1.82) is 0 Å². The maximum absolute atomic E-state index is 13.2. The van der Waals surface area contributed by atoms with Gasteiger partial charge in [0.1, 0.15) is 12.4 Å². The van der Waals surface area contributed by atoms with Crippen molar-refractivity contribution in [1.82, 2.24) is 9.80 Å². The fourth-order valence-corrected chi connectivity index (χ4v) is 5.28. The summed E-state index contributed by atoms with van der Waals surface area (Å²) in [6, 6.07) is 13.4. The minimum Gasteiger partial charge on any atom is -0.394 e. The van der Waals surface area contributed by atoms with Crippen LogP contribution in [0.5, 0.6) is 0 Å². The van der Waals surface area contributed by atoms with Crippen LogP contribution < -0.4 is 0 Å². The number of aliphatic hydroxyl groups excluding tert-OH is 1. The maximum Gasteiger partial charge on any atom is 0.254 e. The summed E-state index contributed by atoms with van der Waals surface area (Å²) in [6.45, 7) is 0.269. The van der Waals surface area contributed by atoms with Crippen LogP contribution in [-0.4, -0.2) is 58.5 Å². The Bertz CT molecular complexity index is 1030. The Hall–Kier alpha value is -2.99. The summed E-state index contributed by atoms with van der Waals surface area (Å²) in [6.07, 6.45) is 5.72. The van der Waals surface area contributed by atoms with Crippen LogP contribution in [0, 0.1) is 5.82 Å². The molecule has 0 radical (unpaired) electrons. The van der Waals surface area contributed by atoms with E-state index in [-0.39, 0.29) is 43.0 Å². The SMILES string of the molecule is O=C(c1ccc(F)cc1)N1CC(=O)N2[C@H](C1)[C@@H](c1ccc(C3=CCCC3)cc1)[C@@H]2CO. The molecule has 0 aromatic heterocycles. The Labute approximate surface area is 180 Å². The highest BCUT2D eigenvalue weighted by atomic mass is 19.1. The number of nitrogens with zero attached hydrogens (tertiary/aromatic N) is 2. The number of piperazine rings is 1. The van der Waals surface area contributed by atoms with Gasteiger partial charge in [0.05, 0.1) is 18.7 Å². The van der Waals surface area contributed by atoms with E-state index in [1.165, 1.54) is 46.7 Å². The minimum absolute atomic E-state index is 0.0237. The van der Waals surface area contributed by atoms with Crippen LogP contribution in [0.25, 0.3) is 5.57 Å². The number of amides is 2. The third-order valence-electron chi connectivity index (χ3n) is 6.84. The van der Waals surface area contributed by atoms with Crippen LogP contribution in [0.3, 0.4) is 0 Å². The molecule has 3 atom stereocenters. The first-order chi connectivity index (χ1) is 15.1. The smallest absolute Gasteiger partial charge is 0.254 e. The molecule has 2 heterocycles. The summed E-state index contributed by atoms with van der Waals surface area (Å²) in [5.74, 6) is -0.860. The van der Waals surface area contributed by atoms with Gasteiger partial charge in [0.2, 0.25) is 5.91 Å². The lowest BCUT2D eigenvalue weighted by molar-refractivity contribution is -0.159. The van der Waals surface area contributed by atoms with Gasteiger partial charge in [-0.05, 0) is 60.2 Å². The summed E-state index contributed by atoms with van der Waals surface area (Å²) in [7, 11) is 0. The van der Waals surface area contributed by atoms with E-state index in [0.29, 0.717) is 12.1 Å². The van der Waals surface area contributed by atoms with Crippen molar-refractivity contribution in [2.24, 2.45) is 0 Å². The highest BCUT2D eigenvalue weighted by Crippen LogP contribution is 2.43. The second-order valence-electron chi connectivity index (χ2n) is 8.58. The molecule has 6 heteroatoms. The predicted octanol–water partition coefficient (Wildman–Crippen LogP) is 3.20. The van der Waals surface area contributed by atoms with Gasteiger partial charge < -0.3 is 14.9 Å². The highest BCUT2D eigenvalue weighted by molar-refractivity contribution is 5.97. The van der Waals surface area contributed by atoms with Crippen molar-refractivity contribution >= 4 is 17.4 Å². The van der Waals surface area contributed by atoms with E-state index in [2.05, 4.69) is 30.3 Å². The van der Waals surface area contributed by atoms with Crippen molar-refractivity contribution in [2.75, 3.05) is 19.7 Å². The molecule has 31 heavy (non-hydrogen) atoms. The van der Waals surface area contributed by atoms with Crippen molar-refractivity contribution in [3.8, 4) is 0 Å². The third-order valence-corrected chi connectivity index (χ3v) is 6.84. The number of rotatable bonds is 4. The first-order valence-corrected chi connectivity index (χ1v) is 10.8. The molecule has 0 unspecified atom stereocenters. The Morgan fingerprint density at radius 3 is 2.48 bits per heavy atom. The number of allylic oxidation sites excluding steroid dienone is 2. The molecule has 2 fully saturated rings. The van der Waals surface area contributed by atoms with Crippen molar-refractivity contribution in [2.45, 2.75) is 37.3 Å². The number of hydrogen-bond acceptors (Lipinski definition) is 3. The average molecular weight is 420 g/mol. The van der Waals surface area contributed by atoms with E-state index in [1.54, 1.807) is 4.90 Å². The van der Waals surface area contributed by atoms with Crippen LogP contribution in [0.1, 0.15) is 46.7 Å². The summed E-state index contributed by atoms with van der Waals surface area (Å²) in [4.78, 5) is 28.9. The molecule has 2 saturated heterocycles. The van der Waals surface area contributed by atoms with Crippen LogP contribution in [0.4, 0.5) is 4.39 Å². The molecule has 5 nitrogen and oxygen atoms in total. The topological polar surface area (TPSA) is 60.9 Å². The van der Waals surface area contributed by atoms with Crippen molar-refractivity contribution < 1.29 is 19.1 Å². The number of halogens is 1. The van der Waals surface area contributed by atoms with Crippen LogP contribution >= 0.6 is 0 Å². The predicted molar refractivity (Wildman–Crippen MR) is 115 cm³/mol. The lowest BCUT2D eigenvalue weighted by Gasteiger charge is -2.58. The highest BCUT2D eigenvalue weighted by Gasteiger charge is 2.54. The van der Waals surface area contributed by atoms with Gasteiger partial charge >= 0.3 is 0 Å². The zero-order chi connectivity index (χ0) is 21.5. The van der Waals surface area contributed by atoms with E-state index in [0.717, 1.165) is 18.4 Å². The van der Waals surface area contributed by atoms with E-state index in [1.807, 2.05) is 0 Å². The number of fused-ring (bicyclic) bond motifs is 1. The molecule has 2 aromatic rings. The molecule has 5 rings (SSSR count). The van der Waals surface area contributed by atoms with Gasteiger partial charge in [0.25, 0.3) is 5.91 Å². The standard InChI is InChI=1S/C25H25FN2O3/c26-20-11-9-19(10-12-20)25(31)27-13-21-24(22(15-29)28(21)23(30)14-27)18-7-5-17(6-8-18)16-3-1-2-4-16/h3,5-12,21-22,24,29H,1-2,4,13-15H2/t21-,22+,24-/m1/s1. The van der Waals surface area contributed by atoms with E-state index in [9.17, 15) is 19.1 Å². The molecule has 1 N–H and O–H groups in total. The van der Waals surface area contributed by atoms with Gasteiger partial charge in [-0.25, -0.2) is 4.39 Å². The average Bonchev–Trinajstić information content (AvgIpc) is 3.30.